The van der Waals surface area contributed by atoms with Gasteiger partial charge in [0.05, 0.1) is 0 Å². The lowest BCUT2D eigenvalue weighted by Crippen LogP contribution is -2.32. The molecule has 0 aliphatic rings. The average Bonchev–Trinajstić information content (AvgIpc) is 2.24. The van der Waals surface area contributed by atoms with Crippen molar-refractivity contribution < 1.29 is 9.53 Å². The predicted octanol–water partition coefficient (Wildman–Crippen LogP) is 4.40. The van der Waals surface area contributed by atoms with Gasteiger partial charge in [0.1, 0.15) is 5.60 Å². The number of hydrogen-bond donors (Lipinski definition) is 1. The summed E-state index contributed by atoms with van der Waals surface area (Å²) in [7, 11) is 0. The third kappa shape index (κ3) is 5.35. The Bertz CT molecular complexity index is 489. The molecule has 0 heterocycles. The van der Waals surface area contributed by atoms with Crippen LogP contribution in [0.3, 0.4) is 0 Å². The van der Waals surface area contributed by atoms with Crippen molar-refractivity contribution in [1.82, 2.24) is 5.32 Å². The van der Waals surface area contributed by atoms with E-state index in [1.165, 1.54) is 0 Å². The molecule has 0 fully saturated rings. The first-order valence-electron chi connectivity index (χ1n) is 6.10. The lowest BCUT2D eigenvalue weighted by atomic mass is 10.1. The number of alkyl carbamates (subject to hydrolysis) is 1. The third-order valence-electron chi connectivity index (χ3n) is 2.37. The number of benzene rings is 1. The number of allylic oxidation sites excluding steroid dienone is 1. The van der Waals surface area contributed by atoms with E-state index in [4.69, 9.17) is 16.3 Å². The van der Waals surface area contributed by atoms with Crippen molar-refractivity contribution in [2.75, 3.05) is 0 Å². The molecule has 0 saturated heterocycles. The number of ether oxygens (including phenoxy) is 1. The van der Waals surface area contributed by atoms with E-state index in [9.17, 15) is 4.79 Å². The number of carbonyl (C=O) groups excluding carboxylic acids is 1. The maximum absolute atomic E-state index is 11.5. The molecule has 1 aromatic carbocycles. The molecule has 0 bridgehead atoms. The number of halogens is 1. The summed E-state index contributed by atoms with van der Waals surface area (Å²) in [4.78, 5) is 11.5. The Kier molecular flexibility index (Phi) is 5.01. The van der Waals surface area contributed by atoms with Gasteiger partial charge in [-0.25, -0.2) is 4.79 Å². The first kappa shape index (κ1) is 15.6. The molecule has 0 aliphatic heterocycles. The molecule has 0 spiro atoms. The SMILES string of the molecule is C=C(C)c1ccc(CNC(=O)OC(C)(C)C)c(Cl)c1. The zero-order chi connectivity index (χ0) is 14.6. The highest BCUT2D eigenvalue weighted by Crippen LogP contribution is 2.21. The van der Waals surface area contributed by atoms with Gasteiger partial charge in [-0.2, -0.15) is 0 Å². The van der Waals surface area contributed by atoms with Gasteiger partial charge in [-0.15, -0.1) is 0 Å². The Hall–Kier alpha value is -1.48. The van der Waals surface area contributed by atoms with Crippen LogP contribution in [0.1, 0.15) is 38.8 Å². The fourth-order valence-corrected chi connectivity index (χ4v) is 1.69. The number of hydrogen-bond acceptors (Lipinski definition) is 2. The Labute approximate surface area is 119 Å². The fourth-order valence-electron chi connectivity index (χ4n) is 1.44. The smallest absolute Gasteiger partial charge is 0.407 e. The molecular weight excluding hydrogens is 262 g/mol. The van der Waals surface area contributed by atoms with E-state index in [2.05, 4.69) is 11.9 Å². The van der Waals surface area contributed by atoms with Crippen molar-refractivity contribution in [3.8, 4) is 0 Å². The van der Waals surface area contributed by atoms with Crippen LogP contribution in [-0.2, 0) is 11.3 Å². The first-order valence-corrected chi connectivity index (χ1v) is 6.48. The number of rotatable bonds is 3. The predicted molar refractivity (Wildman–Crippen MR) is 79.2 cm³/mol. The minimum atomic E-state index is -0.502. The Balaban J connectivity index is 2.64. The van der Waals surface area contributed by atoms with Crippen molar-refractivity contribution in [1.29, 1.82) is 0 Å². The van der Waals surface area contributed by atoms with Crippen LogP contribution < -0.4 is 5.32 Å². The van der Waals surface area contributed by atoms with Crippen molar-refractivity contribution in [3.05, 3.63) is 40.9 Å². The molecule has 1 aromatic rings. The quantitative estimate of drug-likeness (QED) is 0.892. The van der Waals surface area contributed by atoms with E-state index in [1.54, 1.807) is 0 Å². The topological polar surface area (TPSA) is 38.3 Å². The minimum Gasteiger partial charge on any atom is -0.444 e. The van der Waals surface area contributed by atoms with E-state index in [0.717, 1.165) is 16.7 Å². The second-order valence-electron chi connectivity index (χ2n) is 5.44. The van der Waals surface area contributed by atoms with Gasteiger partial charge in [-0.3, -0.25) is 0 Å². The van der Waals surface area contributed by atoms with Gasteiger partial charge in [0.25, 0.3) is 0 Å². The van der Waals surface area contributed by atoms with Crippen LogP contribution in [0.4, 0.5) is 4.79 Å². The second-order valence-corrected chi connectivity index (χ2v) is 5.85. The average molecular weight is 282 g/mol. The molecule has 0 unspecified atom stereocenters. The van der Waals surface area contributed by atoms with Crippen LogP contribution in [-0.4, -0.2) is 11.7 Å². The molecule has 0 atom stereocenters. The summed E-state index contributed by atoms with van der Waals surface area (Å²) in [5, 5.41) is 3.28. The summed E-state index contributed by atoms with van der Waals surface area (Å²) >= 11 is 6.16. The van der Waals surface area contributed by atoms with Crippen LogP contribution >= 0.6 is 11.6 Å². The van der Waals surface area contributed by atoms with Crippen LogP contribution in [0.2, 0.25) is 5.02 Å². The normalized spacial score (nSPS) is 11.0. The lowest BCUT2D eigenvalue weighted by molar-refractivity contribution is 0.0523. The van der Waals surface area contributed by atoms with E-state index in [0.29, 0.717) is 11.6 Å². The molecule has 1 rings (SSSR count). The van der Waals surface area contributed by atoms with Crippen LogP contribution in [0, 0.1) is 0 Å². The summed E-state index contributed by atoms with van der Waals surface area (Å²) in [6.45, 7) is 11.6. The largest absolute Gasteiger partial charge is 0.444 e. The Morgan fingerprint density at radius 1 is 1.42 bits per heavy atom. The van der Waals surface area contributed by atoms with Gasteiger partial charge in [0.2, 0.25) is 0 Å². The van der Waals surface area contributed by atoms with Crippen molar-refractivity contribution >= 4 is 23.3 Å². The van der Waals surface area contributed by atoms with Crippen molar-refractivity contribution in [2.45, 2.75) is 39.8 Å². The monoisotopic (exact) mass is 281 g/mol. The molecule has 1 N–H and O–H groups in total. The maximum Gasteiger partial charge on any atom is 0.407 e. The van der Waals surface area contributed by atoms with Gasteiger partial charge >= 0.3 is 6.09 Å². The van der Waals surface area contributed by atoms with Crippen LogP contribution in [0.25, 0.3) is 5.57 Å². The van der Waals surface area contributed by atoms with Gasteiger partial charge in [0.15, 0.2) is 0 Å². The van der Waals surface area contributed by atoms with Crippen LogP contribution in [0.5, 0.6) is 0 Å². The molecule has 104 valence electrons. The Morgan fingerprint density at radius 3 is 2.53 bits per heavy atom. The van der Waals surface area contributed by atoms with Crippen molar-refractivity contribution in [2.24, 2.45) is 0 Å². The molecule has 3 nitrogen and oxygen atoms in total. The van der Waals surface area contributed by atoms with Gasteiger partial charge in [0, 0.05) is 11.6 Å². The summed E-state index contributed by atoms with van der Waals surface area (Å²) < 4.78 is 5.15. The molecule has 0 radical (unpaired) electrons. The van der Waals surface area contributed by atoms with Crippen molar-refractivity contribution in [3.63, 3.8) is 0 Å². The third-order valence-corrected chi connectivity index (χ3v) is 2.72. The highest BCUT2D eigenvalue weighted by Gasteiger charge is 2.16. The second kappa shape index (κ2) is 6.11. The summed E-state index contributed by atoms with van der Waals surface area (Å²) in [5.74, 6) is 0. The summed E-state index contributed by atoms with van der Waals surface area (Å²) in [6.07, 6.45) is -0.451. The van der Waals surface area contributed by atoms with E-state index >= 15 is 0 Å². The lowest BCUT2D eigenvalue weighted by Gasteiger charge is -2.19. The van der Waals surface area contributed by atoms with Crippen LogP contribution in [0.15, 0.2) is 24.8 Å². The summed E-state index contributed by atoms with van der Waals surface area (Å²) in [5.41, 5.74) is 2.29. The zero-order valence-electron chi connectivity index (χ0n) is 11.8. The van der Waals surface area contributed by atoms with E-state index < -0.39 is 11.7 Å². The molecule has 4 heteroatoms. The molecular formula is C15H20ClNO2. The first-order chi connectivity index (χ1) is 8.69. The highest BCUT2D eigenvalue weighted by molar-refractivity contribution is 6.31. The molecule has 19 heavy (non-hydrogen) atoms. The van der Waals surface area contributed by atoms with E-state index in [-0.39, 0.29) is 0 Å². The number of nitrogens with one attached hydrogen (secondary N) is 1. The highest BCUT2D eigenvalue weighted by atomic mass is 35.5. The van der Waals surface area contributed by atoms with Gasteiger partial charge < -0.3 is 10.1 Å². The maximum atomic E-state index is 11.5. The number of amides is 1. The zero-order valence-corrected chi connectivity index (χ0v) is 12.6. The standard InChI is InChI=1S/C15H20ClNO2/c1-10(2)11-6-7-12(13(16)8-11)9-17-14(18)19-15(3,4)5/h6-8H,1,9H2,2-5H3,(H,17,18). The Morgan fingerprint density at radius 2 is 2.05 bits per heavy atom. The van der Waals surface area contributed by atoms with Gasteiger partial charge in [-0.05, 0) is 44.9 Å². The fraction of sp³-hybridized carbons (Fsp3) is 0.400. The molecule has 0 saturated carbocycles. The minimum absolute atomic E-state index is 0.338. The molecule has 0 aromatic heterocycles. The molecule has 1 amide bonds. The van der Waals surface area contributed by atoms with E-state index in [1.807, 2.05) is 45.9 Å². The van der Waals surface area contributed by atoms with Gasteiger partial charge in [-0.1, -0.05) is 35.9 Å². The summed E-state index contributed by atoms with van der Waals surface area (Å²) in [6, 6.07) is 5.65. The molecule has 0 aliphatic carbocycles. The number of carbonyl (C=O) groups is 1.